The van der Waals surface area contributed by atoms with Crippen LogP contribution in [0.25, 0.3) is 0 Å². The SMILES string of the molecule is CC(C)(C)[Si](C)(C)OC1C/C(=C/CPO)C[C@@H](O[Si](C)(C)C(C)(C)C)C1. The summed E-state index contributed by atoms with van der Waals surface area (Å²) >= 11 is 0. The number of rotatable bonds is 6. The summed E-state index contributed by atoms with van der Waals surface area (Å²) in [5.74, 6) is 0. The van der Waals surface area contributed by atoms with Crippen LogP contribution in [0.3, 0.4) is 0 Å². The van der Waals surface area contributed by atoms with Gasteiger partial charge >= 0.3 is 0 Å². The van der Waals surface area contributed by atoms with Crippen molar-refractivity contribution in [2.75, 3.05) is 6.16 Å². The monoisotopic (exact) mass is 418 g/mol. The highest BCUT2D eigenvalue weighted by molar-refractivity contribution is 7.31. The first-order valence-electron chi connectivity index (χ1n) is 9.99. The van der Waals surface area contributed by atoms with Gasteiger partial charge in [-0.05, 0) is 55.5 Å². The van der Waals surface area contributed by atoms with Crippen molar-refractivity contribution in [3.05, 3.63) is 11.6 Å². The molecule has 0 amide bonds. The van der Waals surface area contributed by atoms with Gasteiger partial charge < -0.3 is 13.7 Å². The molecule has 6 heteroatoms. The Hall–Kier alpha value is 0.484. The molecule has 0 aromatic carbocycles. The van der Waals surface area contributed by atoms with Gasteiger partial charge in [0.25, 0.3) is 0 Å². The fraction of sp³-hybridized carbons (Fsp3) is 0.900. The molecular weight excluding hydrogens is 375 g/mol. The van der Waals surface area contributed by atoms with Crippen LogP contribution in [0.15, 0.2) is 11.6 Å². The largest absolute Gasteiger partial charge is 0.414 e. The highest BCUT2D eigenvalue weighted by Crippen LogP contribution is 2.42. The first-order chi connectivity index (χ1) is 11.6. The lowest BCUT2D eigenvalue weighted by Gasteiger charge is -2.45. The lowest BCUT2D eigenvalue weighted by atomic mass is 9.90. The van der Waals surface area contributed by atoms with E-state index in [4.69, 9.17) is 8.85 Å². The van der Waals surface area contributed by atoms with E-state index < -0.39 is 16.6 Å². The van der Waals surface area contributed by atoms with Gasteiger partial charge in [0.1, 0.15) is 0 Å². The van der Waals surface area contributed by atoms with Crippen molar-refractivity contribution in [2.45, 2.75) is 109 Å². The zero-order valence-corrected chi connectivity index (χ0v) is 21.8. The number of allylic oxidation sites excluding steroid dienone is 1. The molecule has 1 fully saturated rings. The Bertz CT molecular complexity index is 452. The molecule has 0 aromatic heterocycles. The smallest absolute Gasteiger partial charge is 0.192 e. The van der Waals surface area contributed by atoms with Gasteiger partial charge in [-0.25, -0.2) is 0 Å². The maximum atomic E-state index is 9.25. The average Bonchev–Trinajstić information content (AvgIpc) is 2.41. The molecule has 3 nitrogen and oxygen atoms in total. The van der Waals surface area contributed by atoms with Crippen LogP contribution < -0.4 is 0 Å². The topological polar surface area (TPSA) is 38.7 Å². The van der Waals surface area contributed by atoms with Gasteiger partial charge in [-0.1, -0.05) is 53.2 Å². The molecule has 3 atom stereocenters. The van der Waals surface area contributed by atoms with E-state index in [-0.39, 0.29) is 31.1 Å². The van der Waals surface area contributed by atoms with E-state index >= 15 is 0 Å². The van der Waals surface area contributed by atoms with Crippen molar-refractivity contribution in [1.82, 2.24) is 0 Å². The zero-order valence-electron chi connectivity index (χ0n) is 18.8. The minimum absolute atomic E-state index is 0.0129. The highest BCUT2D eigenvalue weighted by Gasteiger charge is 2.43. The van der Waals surface area contributed by atoms with Crippen molar-refractivity contribution in [2.24, 2.45) is 0 Å². The lowest BCUT2D eigenvalue weighted by molar-refractivity contribution is 0.0725. The van der Waals surface area contributed by atoms with E-state index in [9.17, 15) is 4.89 Å². The molecule has 1 aliphatic rings. The molecule has 1 saturated carbocycles. The standard InChI is InChI=1S/C20H43O3PSi2/c1-19(2,3)25(7,8)22-17-13-16(11-12-24-21)14-18(15-17)23-26(9,10)20(4,5)6/h11,17-18,21,24H,12-15H2,1-10H3/b16-11-/t17?,18-/m1/s1. The molecule has 2 unspecified atom stereocenters. The molecule has 0 aromatic rings. The molecule has 1 rings (SSSR count). The van der Waals surface area contributed by atoms with Gasteiger partial charge in [0, 0.05) is 15.0 Å². The van der Waals surface area contributed by atoms with Gasteiger partial charge in [-0.3, -0.25) is 0 Å². The molecule has 154 valence electrons. The van der Waals surface area contributed by atoms with E-state index in [1.54, 1.807) is 0 Å². The van der Waals surface area contributed by atoms with Crippen molar-refractivity contribution in [1.29, 1.82) is 0 Å². The summed E-state index contributed by atoms with van der Waals surface area (Å²) in [7, 11) is -3.61. The average molecular weight is 419 g/mol. The summed E-state index contributed by atoms with van der Waals surface area (Å²) in [4.78, 5) is 9.25. The molecule has 0 spiro atoms. The van der Waals surface area contributed by atoms with Gasteiger partial charge in [0.05, 0.1) is 12.2 Å². The maximum absolute atomic E-state index is 9.25. The Morgan fingerprint density at radius 3 is 1.62 bits per heavy atom. The summed E-state index contributed by atoms with van der Waals surface area (Å²) < 4.78 is 13.5. The lowest BCUT2D eigenvalue weighted by Crippen LogP contribution is -2.48. The molecule has 0 aliphatic heterocycles. The van der Waals surface area contributed by atoms with E-state index in [0.29, 0.717) is 0 Å². The van der Waals surface area contributed by atoms with Crippen molar-refractivity contribution in [3.8, 4) is 0 Å². The van der Waals surface area contributed by atoms with Crippen molar-refractivity contribution < 1.29 is 13.7 Å². The van der Waals surface area contributed by atoms with Gasteiger partial charge in [-0.15, -0.1) is 0 Å². The third-order valence-electron chi connectivity index (χ3n) is 6.52. The van der Waals surface area contributed by atoms with Gasteiger partial charge in [-0.2, -0.15) is 0 Å². The Kier molecular flexibility index (Phi) is 8.37. The predicted octanol–water partition coefficient (Wildman–Crippen LogP) is 6.46. The third-order valence-corrected chi connectivity index (χ3v) is 16.0. The molecule has 0 radical (unpaired) electrons. The quantitative estimate of drug-likeness (QED) is 0.305. The van der Waals surface area contributed by atoms with Crippen LogP contribution in [0.2, 0.25) is 36.3 Å². The van der Waals surface area contributed by atoms with Gasteiger partial charge in [0.2, 0.25) is 0 Å². The van der Waals surface area contributed by atoms with E-state index in [1.165, 1.54) is 5.57 Å². The summed E-state index contributed by atoms with van der Waals surface area (Å²) in [6.45, 7) is 23.2. The number of hydrogen-bond acceptors (Lipinski definition) is 3. The highest BCUT2D eigenvalue weighted by atomic mass is 31.1. The predicted molar refractivity (Wildman–Crippen MR) is 121 cm³/mol. The van der Waals surface area contributed by atoms with Crippen LogP contribution in [-0.4, -0.2) is 39.9 Å². The van der Waals surface area contributed by atoms with Crippen LogP contribution in [0.5, 0.6) is 0 Å². The second-order valence-electron chi connectivity index (χ2n) is 10.9. The van der Waals surface area contributed by atoms with Crippen LogP contribution in [-0.2, 0) is 8.85 Å². The minimum Gasteiger partial charge on any atom is -0.414 e. The second-order valence-corrected chi connectivity index (χ2v) is 21.1. The maximum Gasteiger partial charge on any atom is 0.192 e. The third kappa shape index (κ3) is 6.82. The Labute approximate surface area is 166 Å². The summed E-state index contributed by atoms with van der Waals surface area (Å²) in [6, 6.07) is 0. The fourth-order valence-electron chi connectivity index (χ4n) is 2.85. The molecule has 1 aliphatic carbocycles. The molecule has 1 N–H and O–H groups in total. The van der Waals surface area contributed by atoms with E-state index in [1.807, 2.05) is 0 Å². The molecular formula is C20H43O3PSi2. The Morgan fingerprint density at radius 2 is 1.31 bits per heavy atom. The summed E-state index contributed by atoms with van der Waals surface area (Å²) in [5.41, 5.74) is 1.41. The van der Waals surface area contributed by atoms with Crippen LogP contribution in [0.1, 0.15) is 60.8 Å². The summed E-state index contributed by atoms with van der Waals surface area (Å²) in [5, 5.41) is 0.438. The molecule has 0 bridgehead atoms. The van der Waals surface area contributed by atoms with E-state index in [2.05, 4.69) is 73.8 Å². The fourth-order valence-corrected chi connectivity index (χ4v) is 5.96. The minimum atomic E-state index is -1.80. The first kappa shape index (κ1) is 24.5. The normalized spacial score (nSPS) is 25.4. The van der Waals surface area contributed by atoms with Crippen LogP contribution in [0, 0.1) is 0 Å². The first-order valence-corrected chi connectivity index (χ1v) is 17.0. The molecule has 0 heterocycles. The van der Waals surface area contributed by atoms with E-state index in [0.717, 1.165) is 25.4 Å². The Balaban J connectivity index is 2.96. The molecule has 0 saturated heterocycles. The second kappa shape index (κ2) is 8.88. The van der Waals surface area contributed by atoms with Crippen LogP contribution >= 0.6 is 8.81 Å². The van der Waals surface area contributed by atoms with Gasteiger partial charge in [0.15, 0.2) is 16.6 Å². The van der Waals surface area contributed by atoms with Crippen LogP contribution in [0.4, 0.5) is 0 Å². The summed E-state index contributed by atoms with van der Waals surface area (Å²) in [6.07, 6.45) is 6.46. The van der Waals surface area contributed by atoms with Crippen molar-refractivity contribution in [3.63, 3.8) is 0 Å². The molecule has 26 heavy (non-hydrogen) atoms. The van der Waals surface area contributed by atoms with Crippen molar-refractivity contribution >= 4 is 25.4 Å². The zero-order chi connectivity index (χ0) is 20.4. The Morgan fingerprint density at radius 1 is 0.923 bits per heavy atom. The number of hydrogen-bond donors (Lipinski definition) is 1.